The van der Waals surface area contributed by atoms with E-state index in [0.717, 1.165) is 5.56 Å². The van der Waals surface area contributed by atoms with Gasteiger partial charge in [-0.05, 0) is 59.1 Å². The second-order valence-corrected chi connectivity index (χ2v) is 11.5. The summed E-state index contributed by atoms with van der Waals surface area (Å²) in [6.45, 7) is 6.04. The number of aryl methyl sites for hydroxylation is 3. The van der Waals surface area contributed by atoms with E-state index >= 15 is 0 Å². The molecule has 0 radical (unpaired) electrons. The number of aromatic nitrogens is 4. The maximum Gasteiger partial charge on any atom is 0.338 e. The summed E-state index contributed by atoms with van der Waals surface area (Å²) >= 11 is 7.67. The van der Waals surface area contributed by atoms with Crippen LogP contribution in [0.15, 0.2) is 34.4 Å². The summed E-state index contributed by atoms with van der Waals surface area (Å²) < 4.78 is 8.42. The molecule has 214 valence electrons. The van der Waals surface area contributed by atoms with Gasteiger partial charge in [0.2, 0.25) is 0 Å². The Hall–Kier alpha value is -4.37. The predicted molar refractivity (Wildman–Crippen MR) is 163 cm³/mol. The van der Waals surface area contributed by atoms with Crippen LogP contribution in [0.5, 0.6) is 5.75 Å². The number of carbonyl (C=O) groups is 1. The molecule has 0 aliphatic heterocycles. The molecule has 1 N–H and O–H groups in total. The first-order valence-corrected chi connectivity index (χ1v) is 14.3. The van der Waals surface area contributed by atoms with Gasteiger partial charge in [0.05, 0.1) is 44.7 Å². The number of benzene rings is 1. The molecule has 5 rings (SSSR count). The highest BCUT2D eigenvalue weighted by molar-refractivity contribution is 7.18. The van der Waals surface area contributed by atoms with Gasteiger partial charge in [-0.15, -0.1) is 11.3 Å². The first-order valence-electron chi connectivity index (χ1n) is 13.0. The summed E-state index contributed by atoms with van der Waals surface area (Å²) in [5.41, 5.74) is 4.07. The fourth-order valence-corrected chi connectivity index (χ4v) is 6.16. The van der Waals surface area contributed by atoms with Gasteiger partial charge in [0.1, 0.15) is 29.8 Å². The molecule has 0 aliphatic carbocycles. The first kappa shape index (κ1) is 29.1. The fourth-order valence-electron chi connectivity index (χ4n) is 4.98. The molecule has 0 bridgehead atoms. The van der Waals surface area contributed by atoms with E-state index in [-0.39, 0.29) is 35.2 Å². The molecule has 0 amide bonds. The van der Waals surface area contributed by atoms with Crippen molar-refractivity contribution in [3.05, 3.63) is 79.1 Å². The molecule has 10 nitrogen and oxygen atoms in total. The second-order valence-electron chi connectivity index (χ2n) is 10.1. The summed E-state index contributed by atoms with van der Waals surface area (Å²) in [7, 11) is 3.75. The minimum Gasteiger partial charge on any atom is -0.491 e. The third-order valence-electron chi connectivity index (χ3n) is 6.81. The zero-order valence-corrected chi connectivity index (χ0v) is 25.2. The lowest BCUT2D eigenvalue weighted by molar-refractivity contribution is 0.0699. The van der Waals surface area contributed by atoms with E-state index in [0.29, 0.717) is 61.5 Å². The highest BCUT2D eigenvalue weighted by atomic mass is 35.5. The Morgan fingerprint density at radius 2 is 1.90 bits per heavy atom. The van der Waals surface area contributed by atoms with Crippen LogP contribution in [0, 0.1) is 32.1 Å². The smallest absolute Gasteiger partial charge is 0.338 e. The van der Waals surface area contributed by atoms with Crippen molar-refractivity contribution in [2.75, 3.05) is 20.7 Å². The van der Waals surface area contributed by atoms with E-state index in [1.165, 1.54) is 15.9 Å². The lowest BCUT2D eigenvalue weighted by Crippen LogP contribution is -2.28. The molecule has 4 heterocycles. The molecule has 0 atom stereocenters. The molecule has 12 heteroatoms. The van der Waals surface area contributed by atoms with Gasteiger partial charge in [0.15, 0.2) is 0 Å². The lowest BCUT2D eigenvalue weighted by Gasteiger charge is -2.17. The van der Waals surface area contributed by atoms with E-state index in [9.17, 15) is 20.0 Å². The van der Waals surface area contributed by atoms with E-state index in [4.69, 9.17) is 16.3 Å². The Bertz CT molecular complexity index is 1990. The van der Waals surface area contributed by atoms with Gasteiger partial charge in [0.25, 0.3) is 5.56 Å². The van der Waals surface area contributed by atoms with Gasteiger partial charge in [-0.3, -0.25) is 19.3 Å². The normalized spacial score (nSPS) is 11.4. The van der Waals surface area contributed by atoms with Crippen LogP contribution in [0.3, 0.4) is 0 Å². The monoisotopic (exact) mass is 602 g/mol. The Balaban J connectivity index is 1.52. The summed E-state index contributed by atoms with van der Waals surface area (Å²) in [5, 5.41) is 21.9. The van der Waals surface area contributed by atoms with Crippen LogP contribution in [0.1, 0.15) is 38.8 Å². The van der Waals surface area contributed by atoms with E-state index < -0.39 is 5.97 Å². The van der Waals surface area contributed by atoms with Crippen molar-refractivity contribution in [1.29, 1.82) is 5.26 Å². The van der Waals surface area contributed by atoms with Crippen LogP contribution in [0.25, 0.3) is 32.2 Å². The molecular formula is C30H27ClN6O4S. The van der Waals surface area contributed by atoms with E-state index in [1.54, 1.807) is 44.4 Å². The number of aromatic carboxylic acids is 1. The molecule has 0 saturated carbocycles. The van der Waals surface area contributed by atoms with Gasteiger partial charge in [0, 0.05) is 33.8 Å². The minimum atomic E-state index is -1.04. The molecule has 0 saturated heterocycles. The zero-order valence-electron chi connectivity index (χ0n) is 23.6. The Morgan fingerprint density at radius 1 is 1.14 bits per heavy atom. The summed E-state index contributed by atoms with van der Waals surface area (Å²) in [6.07, 6.45) is 0. The highest BCUT2D eigenvalue weighted by Crippen LogP contribution is 2.40. The summed E-state index contributed by atoms with van der Waals surface area (Å²) in [6, 6.07) is 9.26. The number of pyridine rings is 2. The van der Waals surface area contributed by atoms with Crippen LogP contribution < -0.4 is 10.3 Å². The number of nitriles is 1. The molecule has 5 aromatic rings. The highest BCUT2D eigenvalue weighted by Gasteiger charge is 2.21. The number of fused-ring (bicyclic) bond motifs is 2. The van der Waals surface area contributed by atoms with Crippen LogP contribution >= 0.6 is 22.9 Å². The van der Waals surface area contributed by atoms with Crippen molar-refractivity contribution in [2.45, 2.75) is 33.9 Å². The minimum absolute atomic E-state index is 0.122. The van der Waals surface area contributed by atoms with Gasteiger partial charge in [-0.1, -0.05) is 11.6 Å². The molecule has 4 aromatic heterocycles. The average molecular weight is 603 g/mol. The van der Waals surface area contributed by atoms with Crippen molar-refractivity contribution in [3.8, 4) is 22.9 Å². The third-order valence-corrected chi connectivity index (χ3v) is 8.04. The van der Waals surface area contributed by atoms with Crippen LogP contribution in [-0.4, -0.2) is 56.2 Å². The molecule has 0 fully saturated rings. The Kier molecular flexibility index (Phi) is 7.97. The molecular weight excluding hydrogens is 576 g/mol. The number of hydrogen-bond acceptors (Lipinski definition) is 9. The molecule has 0 unspecified atom stereocenters. The topological polar surface area (TPSA) is 134 Å². The number of ether oxygens (including phenoxy) is 1. The maximum absolute atomic E-state index is 13.7. The molecule has 0 spiro atoms. The fraction of sp³-hybridized carbons (Fsp3) is 0.267. The second kappa shape index (κ2) is 11.5. The summed E-state index contributed by atoms with van der Waals surface area (Å²) in [5.74, 6) is -0.0491. The number of thiophene rings is 1. The average Bonchev–Trinajstić information content (AvgIpc) is 3.35. The number of halogens is 1. The standard InChI is InChI=1S/C30H27ClN6O4S/c1-15-10-20(28-27(33-15)22(14-42-28)30(39)40)19-11-18(31)6-7-24(19)41-9-8-37-17(3)35-26-16(2)34-23(13-36(4)5)21(12-32)25(26)29(37)38/h6-7,10-11,14H,8-9,13H2,1-5H3,(H,39,40). The van der Waals surface area contributed by atoms with Gasteiger partial charge >= 0.3 is 5.97 Å². The van der Waals surface area contributed by atoms with Gasteiger partial charge in [-0.2, -0.15) is 5.26 Å². The lowest BCUT2D eigenvalue weighted by atomic mass is 10.0. The predicted octanol–water partition coefficient (Wildman–Crippen LogP) is 5.36. The number of nitrogens with zero attached hydrogens (tertiary/aromatic N) is 6. The quantitative estimate of drug-likeness (QED) is 0.249. The molecule has 1 aromatic carbocycles. The Morgan fingerprint density at radius 3 is 2.60 bits per heavy atom. The van der Waals surface area contributed by atoms with Crippen LogP contribution in [0.4, 0.5) is 0 Å². The van der Waals surface area contributed by atoms with Gasteiger partial charge in [-0.25, -0.2) is 9.78 Å². The number of carboxylic acid groups (broad SMARTS) is 1. The van der Waals surface area contributed by atoms with Crippen molar-refractivity contribution < 1.29 is 14.6 Å². The van der Waals surface area contributed by atoms with Crippen molar-refractivity contribution in [2.24, 2.45) is 0 Å². The van der Waals surface area contributed by atoms with Gasteiger partial charge < -0.3 is 14.7 Å². The number of carboxylic acids is 1. The van der Waals surface area contributed by atoms with E-state index in [2.05, 4.69) is 21.0 Å². The first-order chi connectivity index (χ1) is 20.0. The van der Waals surface area contributed by atoms with Crippen LogP contribution in [-0.2, 0) is 13.1 Å². The Labute approximate surface area is 250 Å². The van der Waals surface area contributed by atoms with Crippen molar-refractivity contribution in [3.63, 3.8) is 0 Å². The summed E-state index contributed by atoms with van der Waals surface area (Å²) in [4.78, 5) is 41.1. The number of hydrogen-bond donors (Lipinski definition) is 1. The largest absolute Gasteiger partial charge is 0.491 e. The van der Waals surface area contributed by atoms with E-state index in [1.807, 2.05) is 25.1 Å². The van der Waals surface area contributed by atoms with Crippen molar-refractivity contribution >= 4 is 50.0 Å². The molecule has 42 heavy (non-hydrogen) atoms. The van der Waals surface area contributed by atoms with Crippen LogP contribution in [0.2, 0.25) is 5.02 Å². The SMILES string of the molecule is Cc1cc(-c2cc(Cl)ccc2OCCn2c(C)nc3c(C)nc(CN(C)C)c(C#N)c3c2=O)c2scc(C(=O)O)c2n1. The number of rotatable bonds is 8. The molecule has 0 aliphatic rings. The van der Waals surface area contributed by atoms with Crippen molar-refractivity contribution in [1.82, 2.24) is 24.4 Å². The maximum atomic E-state index is 13.7. The zero-order chi connectivity index (χ0) is 30.3. The third kappa shape index (κ3) is 5.32.